The Morgan fingerprint density at radius 2 is 2.11 bits per heavy atom. The third kappa shape index (κ3) is 2.79. The molecular weight excluding hydrogens is 246 g/mol. The number of nitrogens with two attached hydrogens (primary N) is 1. The molecule has 98 valence electrons. The fourth-order valence-corrected chi connectivity index (χ4v) is 1.66. The van der Waals surface area contributed by atoms with E-state index in [9.17, 15) is 10.1 Å². The fraction of sp³-hybridized carbons (Fsp3) is 0.154. The van der Waals surface area contributed by atoms with Crippen molar-refractivity contribution in [3.8, 4) is 5.75 Å². The zero-order chi connectivity index (χ0) is 13.8. The number of aromatic nitrogens is 1. The molecule has 0 aliphatic heterocycles. The summed E-state index contributed by atoms with van der Waals surface area (Å²) in [6.07, 6.45) is 1.32. The molecule has 2 aromatic rings. The minimum Gasteiger partial charge on any atom is -0.482 e. The highest BCUT2D eigenvalue weighted by Crippen LogP contribution is 2.33. The number of benzene rings is 1. The zero-order valence-electron chi connectivity index (χ0n) is 10.3. The number of pyridine rings is 1. The largest absolute Gasteiger partial charge is 0.482 e. The van der Waals surface area contributed by atoms with Crippen LogP contribution in [0.5, 0.6) is 5.75 Å². The number of hydrogen-bond acceptors (Lipinski definition) is 5. The summed E-state index contributed by atoms with van der Waals surface area (Å²) >= 11 is 0. The van der Waals surface area contributed by atoms with Crippen molar-refractivity contribution in [3.05, 3.63) is 58.4 Å². The van der Waals surface area contributed by atoms with E-state index in [1.165, 1.54) is 12.1 Å². The predicted molar refractivity (Wildman–Crippen MR) is 70.8 cm³/mol. The summed E-state index contributed by atoms with van der Waals surface area (Å²) in [7, 11) is 0. The summed E-state index contributed by atoms with van der Waals surface area (Å²) in [5.41, 5.74) is 6.32. The topological polar surface area (TPSA) is 91.3 Å². The number of ether oxygens (including phenoxy) is 1. The number of nitro benzene ring substituents is 1. The van der Waals surface area contributed by atoms with Gasteiger partial charge in [0.25, 0.3) is 5.69 Å². The van der Waals surface area contributed by atoms with Crippen LogP contribution in [0.15, 0.2) is 42.6 Å². The maximum absolute atomic E-state index is 10.8. The average Bonchev–Trinajstić information content (AvgIpc) is 2.41. The van der Waals surface area contributed by atoms with Crippen molar-refractivity contribution in [3.63, 3.8) is 0 Å². The molecule has 0 saturated carbocycles. The monoisotopic (exact) mass is 259 g/mol. The van der Waals surface area contributed by atoms with Crippen LogP contribution in [0, 0.1) is 10.1 Å². The lowest BCUT2D eigenvalue weighted by molar-refractivity contribution is -0.384. The van der Waals surface area contributed by atoms with Crippen molar-refractivity contribution in [1.29, 1.82) is 0 Å². The molecule has 1 aromatic carbocycles. The van der Waals surface area contributed by atoms with Crippen molar-refractivity contribution < 1.29 is 9.66 Å². The molecule has 2 rings (SSSR count). The second-order valence-corrected chi connectivity index (χ2v) is 3.96. The van der Waals surface area contributed by atoms with Crippen molar-refractivity contribution in [2.75, 3.05) is 5.73 Å². The lowest BCUT2D eigenvalue weighted by Crippen LogP contribution is -2.07. The lowest BCUT2D eigenvalue weighted by Gasteiger charge is -2.15. The van der Waals surface area contributed by atoms with E-state index in [1.54, 1.807) is 25.3 Å². The Balaban J connectivity index is 2.25. The molecule has 0 fully saturated rings. The van der Waals surface area contributed by atoms with E-state index < -0.39 is 4.92 Å². The van der Waals surface area contributed by atoms with Gasteiger partial charge in [0.2, 0.25) is 0 Å². The average molecular weight is 259 g/mol. The van der Waals surface area contributed by atoms with Gasteiger partial charge in [-0.25, -0.2) is 0 Å². The number of nitrogen functional groups attached to an aromatic ring is 1. The summed E-state index contributed by atoms with van der Waals surface area (Å²) in [5, 5.41) is 10.8. The van der Waals surface area contributed by atoms with Crippen LogP contribution in [0.25, 0.3) is 0 Å². The van der Waals surface area contributed by atoms with Gasteiger partial charge in [0.1, 0.15) is 11.9 Å². The molecule has 19 heavy (non-hydrogen) atoms. The van der Waals surface area contributed by atoms with Crippen LogP contribution < -0.4 is 10.5 Å². The number of hydrogen-bond donors (Lipinski definition) is 1. The molecule has 0 unspecified atom stereocenters. The molecular formula is C13H13N3O3. The van der Waals surface area contributed by atoms with Gasteiger partial charge in [-0.15, -0.1) is 0 Å². The van der Waals surface area contributed by atoms with Gasteiger partial charge in [-0.3, -0.25) is 15.1 Å². The van der Waals surface area contributed by atoms with Gasteiger partial charge in [0.15, 0.2) is 5.69 Å². The molecule has 6 heteroatoms. The molecule has 0 amide bonds. The SMILES string of the molecule is C[C@@H](Oc1cccc([N+](=O)[O-])c1N)c1ccccn1. The summed E-state index contributed by atoms with van der Waals surface area (Å²) in [6.45, 7) is 1.81. The molecule has 1 heterocycles. The van der Waals surface area contributed by atoms with E-state index >= 15 is 0 Å². The zero-order valence-corrected chi connectivity index (χ0v) is 10.3. The first-order valence-electron chi connectivity index (χ1n) is 5.70. The Kier molecular flexibility index (Phi) is 3.61. The fourth-order valence-electron chi connectivity index (χ4n) is 1.66. The molecule has 0 aliphatic carbocycles. The second-order valence-electron chi connectivity index (χ2n) is 3.96. The third-order valence-electron chi connectivity index (χ3n) is 2.65. The van der Waals surface area contributed by atoms with Crippen LogP contribution in [0.2, 0.25) is 0 Å². The first kappa shape index (κ1) is 12.8. The molecule has 0 saturated heterocycles. The van der Waals surface area contributed by atoms with Crippen LogP contribution in [0.3, 0.4) is 0 Å². The van der Waals surface area contributed by atoms with Crippen LogP contribution in [0.4, 0.5) is 11.4 Å². The van der Waals surface area contributed by atoms with Crippen LogP contribution >= 0.6 is 0 Å². The van der Waals surface area contributed by atoms with Gasteiger partial charge >= 0.3 is 0 Å². The van der Waals surface area contributed by atoms with E-state index in [-0.39, 0.29) is 23.2 Å². The molecule has 6 nitrogen and oxygen atoms in total. The van der Waals surface area contributed by atoms with Gasteiger partial charge in [-0.05, 0) is 25.1 Å². The van der Waals surface area contributed by atoms with E-state index in [2.05, 4.69) is 4.98 Å². The maximum atomic E-state index is 10.8. The van der Waals surface area contributed by atoms with Crippen molar-refractivity contribution >= 4 is 11.4 Å². The number of nitro groups is 1. The van der Waals surface area contributed by atoms with E-state index in [0.29, 0.717) is 0 Å². The molecule has 2 N–H and O–H groups in total. The van der Waals surface area contributed by atoms with Crippen molar-refractivity contribution in [2.45, 2.75) is 13.0 Å². The van der Waals surface area contributed by atoms with E-state index in [1.807, 2.05) is 12.1 Å². The molecule has 1 aromatic heterocycles. The smallest absolute Gasteiger partial charge is 0.295 e. The molecule has 0 bridgehead atoms. The van der Waals surface area contributed by atoms with Gasteiger partial charge in [-0.1, -0.05) is 12.1 Å². The Hall–Kier alpha value is -2.63. The van der Waals surface area contributed by atoms with Crippen LogP contribution in [-0.2, 0) is 0 Å². The first-order valence-corrected chi connectivity index (χ1v) is 5.70. The summed E-state index contributed by atoms with van der Waals surface area (Å²) in [6, 6.07) is 9.94. The normalized spacial score (nSPS) is 11.8. The lowest BCUT2D eigenvalue weighted by atomic mass is 10.2. The van der Waals surface area contributed by atoms with Gasteiger partial charge in [0.05, 0.1) is 10.6 Å². The second kappa shape index (κ2) is 5.34. The summed E-state index contributed by atoms with van der Waals surface area (Å²) in [4.78, 5) is 14.4. The van der Waals surface area contributed by atoms with Crippen molar-refractivity contribution in [2.24, 2.45) is 0 Å². The molecule has 0 aliphatic rings. The van der Waals surface area contributed by atoms with Crippen molar-refractivity contribution in [1.82, 2.24) is 4.98 Å². The number of para-hydroxylation sites is 1. The summed E-state index contributed by atoms with van der Waals surface area (Å²) in [5.74, 6) is 0.285. The minimum atomic E-state index is -0.534. The predicted octanol–water partition coefficient (Wildman–Crippen LogP) is 2.71. The van der Waals surface area contributed by atoms with Gasteiger partial charge < -0.3 is 10.5 Å². The Morgan fingerprint density at radius 1 is 1.32 bits per heavy atom. The van der Waals surface area contributed by atoms with E-state index in [4.69, 9.17) is 10.5 Å². The standard InChI is InChI=1S/C13H13N3O3/c1-9(10-5-2-3-8-15-10)19-12-7-4-6-11(13(12)14)16(17)18/h2-9H,14H2,1H3/t9-/m1/s1. The highest BCUT2D eigenvalue weighted by molar-refractivity contribution is 5.66. The highest BCUT2D eigenvalue weighted by atomic mass is 16.6. The molecule has 1 atom stereocenters. The summed E-state index contributed by atoms with van der Waals surface area (Å²) < 4.78 is 5.63. The Labute approximate surface area is 110 Å². The van der Waals surface area contributed by atoms with Gasteiger partial charge in [-0.2, -0.15) is 0 Å². The third-order valence-corrected chi connectivity index (χ3v) is 2.65. The van der Waals surface area contributed by atoms with Crippen LogP contribution in [-0.4, -0.2) is 9.91 Å². The first-order chi connectivity index (χ1) is 9.09. The van der Waals surface area contributed by atoms with Crippen LogP contribution in [0.1, 0.15) is 18.7 Å². The number of rotatable bonds is 4. The number of anilines is 1. The Bertz CT molecular complexity index is 587. The molecule has 0 radical (unpaired) electrons. The quantitative estimate of drug-likeness (QED) is 0.517. The van der Waals surface area contributed by atoms with Gasteiger partial charge in [0, 0.05) is 12.3 Å². The minimum absolute atomic E-state index is 0.0234. The Morgan fingerprint density at radius 3 is 2.74 bits per heavy atom. The maximum Gasteiger partial charge on any atom is 0.295 e. The highest BCUT2D eigenvalue weighted by Gasteiger charge is 2.17. The van der Waals surface area contributed by atoms with E-state index in [0.717, 1.165) is 5.69 Å². The number of nitrogens with zero attached hydrogens (tertiary/aromatic N) is 2. The molecule has 0 spiro atoms.